The van der Waals surface area contributed by atoms with Crippen LogP contribution >= 0.6 is 11.3 Å². The van der Waals surface area contributed by atoms with Crippen LogP contribution in [0.15, 0.2) is 11.6 Å². The number of piperidine rings is 1. The molecule has 0 spiro atoms. The molecular formula is C25H35N3O5S2. The Kier molecular flexibility index (Phi) is 7.77. The number of hydrogen-bond donors (Lipinski definition) is 2. The summed E-state index contributed by atoms with van der Waals surface area (Å²) in [6.45, 7) is 8.80. The van der Waals surface area contributed by atoms with Gasteiger partial charge in [-0.2, -0.15) is 4.31 Å². The van der Waals surface area contributed by atoms with Crippen molar-refractivity contribution in [1.82, 2.24) is 9.31 Å². The van der Waals surface area contributed by atoms with Gasteiger partial charge in [-0.05, 0) is 64.0 Å². The second-order valence-electron chi connectivity index (χ2n) is 10.6. The van der Waals surface area contributed by atoms with Crippen molar-refractivity contribution in [3.8, 4) is 11.8 Å². The third-order valence-electron chi connectivity index (χ3n) is 6.86. The smallest absolute Gasteiger partial charge is 0.346 e. The second-order valence-corrected chi connectivity index (χ2v) is 13.9. The number of nitrogens with two attached hydrogens (primary N) is 1. The van der Waals surface area contributed by atoms with Crippen LogP contribution in [-0.2, 0) is 14.8 Å². The number of hydrazine groups is 1. The Morgan fingerprint density at radius 2 is 1.94 bits per heavy atom. The van der Waals surface area contributed by atoms with Crippen molar-refractivity contribution < 1.29 is 23.1 Å². The molecule has 2 fully saturated rings. The number of rotatable bonds is 5. The summed E-state index contributed by atoms with van der Waals surface area (Å²) >= 11 is 1.16. The topological polar surface area (TPSA) is 113 Å². The molecule has 3 N–H and O–H groups in total. The van der Waals surface area contributed by atoms with E-state index in [0.717, 1.165) is 42.8 Å². The number of carboxylic acid groups (broad SMARTS) is 1. The predicted molar refractivity (Wildman–Crippen MR) is 137 cm³/mol. The molecule has 1 aromatic heterocycles. The standard InChI is InChI=1S/C25H35N3O5S2/c1-25(2,3)9-4-18-14-21(23(34-18)24(29)30)22-15-28(35(31,32)19-8-13-33-16-19)12-7-20(22)17-5-10-27(26)11-6-17/h14,17,19H,5-8,10-13,15-16,26H2,1-3H3,(H,29,30). The van der Waals surface area contributed by atoms with Crippen LogP contribution < -0.4 is 5.84 Å². The molecule has 0 amide bonds. The number of aromatic carboxylic acids is 1. The molecule has 0 radical (unpaired) electrons. The first-order valence-corrected chi connectivity index (χ1v) is 14.5. The zero-order valence-corrected chi connectivity index (χ0v) is 22.3. The molecular weight excluding hydrogens is 486 g/mol. The molecule has 3 aliphatic heterocycles. The van der Waals surface area contributed by atoms with Crippen LogP contribution in [0.1, 0.15) is 66.6 Å². The van der Waals surface area contributed by atoms with Gasteiger partial charge in [0.2, 0.25) is 10.0 Å². The Balaban J connectivity index is 1.77. The van der Waals surface area contributed by atoms with Gasteiger partial charge >= 0.3 is 5.97 Å². The largest absolute Gasteiger partial charge is 0.477 e. The summed E-state index contributed by atoms with van der Waals surface area (Å²) in [6, 6.07) is 1.84. The van der Waals surface area contributed by atoms with Crippen molar-refractivity contribution in [2.75, 3.05) is 39.4 Å². The highest BCUT2D eigenvalue weighted by atomic mass is 32.2. The van der Waals surface area contributed by atoms with E-state index in [2.05, 4.69) is 11.8 Å². The molecule has 0 aromatic carbocycles. The van der Waals surface area contributed by atoms with Crippen LogP contribution in [0.25, 0.3) is 5.57 Å². The van der Waals surface area contributed by atoms with Crippen molar-refractivity contribution >= 4 is 32.9 Å². The zero-order chi connectivity index (χ0) is 25.4. The number of ether oxygens (including phenoxy) is 1. The lowest BCUT2D eigenvalue weighted by atomic mass is 9.81. The SMILES string of the molecule is CC(C)(C)C#Cc1cc(C2=C(C3CCN(N)CC3)CCN(S(=O)(=O)C3CCOC3)C2)c(C(=O)O)s1. The van der Waals surface area contributed by atoms with E-state index in [1.807, 2.05) is 31.8 Å². The lowest BCUT2D eigenvalue weighted by molar-refractivity contribution is 0.0702. The minimum absolute atomic E-state index is 0.181. The van der Waals surface area contributed by atoms with Gasteiger partial charge < -0.3 is 9.84 Å². The van der Waals surface area contributed by atoms with Crippen LogP contribution in [0.4, 0.5) is 0 Å². The summed E-state index contributed by atoms with van der Waals surface area (Å²) in [4.78, 5) is 13.2. The minimum Gasteiger partial charge on any atom is -0.477 e. The van der Waals surface area contributed by atoms with Crippen LogP contribution in [0, 0.1) is 23.2 Å². The average Bonchev–Trinajstić information content (AvgIpc) is 3.48. The highest BCUT2D eigenvalue weighted by Gasteiger charge is 2.39. The van der Waals surface area contributed by atoms with Gasteiger partial charge in [0.25, 0.3) is 0 Å². The Bertz CT molecular complexity index is 1160. The molecule has 1 unspecified atom stereocenters. The Morgan fingerprint density at radius 3 is 2.54 bits per heavy atom. The van der Waals surface area contributed by atoms with Crippen molar-refractivity contribution in [2.45, 2.75) is 51.7 Å². The maximum atomic E-state index is 13.4. The van der Waals surface area contributed by atoms with Crippen LogP contribution in [0.2, 0.25) is 0 Å². The highest BCUT2D eigenvalue weighted by Crippen LogP contribution is 2.40. The summed E-state index contributed by atoms with van der Waals surface area (Å²) in [6.07, 6.45) is 2.84. The van der Waals surface area contributed by atoms with E-state index in [1.54, 1.807) is 0 Å². The summed E-state index contributed by atoms with van der Waals surface area (Å²) < 4.78 is 33.7. The minimum atomic E-state index is -3.55. The Labute approximate surface area is 212 Å². The Morgan fingerprint density at radius 1 is 1.23 bits per heavy atom. The number of hydrogen-bond acceptors (Lipinski definition) is 7. The molecule has 4 rings (SSSR count). The molecule has 1 aromatic rings. The van der Waals surface area contributed by atoms with Gasteiger partial charge in [0.05, 0.1) is 11.5 Å². The van der Waals surface area contributed by atoms with Gasteiger partial charge in [-0.25, -0.2) is 18.2 Å². The summed E-state index contributed by atoms with van der Waals surface area (Å²) in [7, 11) is -3.55. The molecule has 3 aliphatic rings. The van der Waals surface area contributed by atoms with Gasteiger partial charge in [0.1, 0.15) is 10.1 Å². The summed E-state index contributed by atoms with van der Waals surface area (Å²) in [5, 5.41) is 11.3. The fraction of sp³-hybridized carbons (Fsp3) is 0.640. The average molecular weight is 522 g/mol. The number of thiophene rings is 1. The number of carbonyl (C=O) groups is 1. The molecule has 1 atom stereocenters. The molecule has 0 saturated carbocycles. The first-order chi connectivity index (χ1) is 16.5. The third kappa shape index (κ3) is 5.98. The quantitative estimate of drug-likeness (QED) is 0.452. The second kappa shape index (κ2) is 10.3. The molecule has 192 valence electrons. The van der Waals surface area contributed by atoms with E-state index in [1.165, 1.54) is 9.88 Å². The maximum absolute atomic E-state index is 13.4. The van der Waals surface area contributed by atoms with Crippen LogP contribution in [0.3, 0.4) is 0 Å². The molecule has 8 nitrogen and oxygen atoms in total. The fourth-order valence-electron chi connectivity index (χ4n) is 4.97. The maximum Gasteiger partial charge on any atom is 0.346 e. The fourth-order valence-corrected chi connectivity index (χ4v) is 7.59. The van der Waals surface area contributed by atoms with Gasteiger partial charge in [0.15, 0.2) is 0 Å². The van der Waals surface area contributed by atoms with Crippen LogP contribution in [-0.4, -0.2) is 73.5 Å². The number of nitrogens with zero attached hydrogens (tertiary/aromatic N) is 2. The monoisotopic (exact) mass is 521 g/mol. The van der Waals surface area contributed by atoms with Gasteiger partial charge in [-0.15, -0.1) is 11.3 Å². The Hall–Kier alpha value is -1.74. The first-order valence-electron chi connectivity index (χ1n) is 12.1. The van der Waals surface area contributed by atoms with Gasteiger partial charge in [0, 0.05) is 43.8 Å². The predicted octanol–water partition coefficient (Wildman–Crippen LogP) is 3.01. The summed E-state index contributed by atoms with van der Waals surface area (Å²) in [5.41, 5.74) is 2.38. The highest BCUT2D eigenvalue weighted by molar-refractivity contribution is 7.89. The van der Waals surface area contributed by atoms with E-state index in [9.17, 15) is 18.3 Å². The number of carboxylic acids is 1. The third-order valence-corrected chi connectivity index (χ3v) is 10.1. The molecule has 2 saturated heterocycles. The van der Waals surface area contributed by atoms with E-state index < -0.39 is 21.2 Å². The van der Waals surface area contributed by atoms with Crippen molar-refractivity contribution in [1.29, 1.82) is 0 Å². The lowest BCUT2D eigenvalue weighted by Crippen LogP contribution is -2.44. The first kappa shape index (κ1) is 26.3. The molecule has 0 bridgehead atoms. The van der Waals surface area contributed by atoms with E-state index >= 15 is 0 Å². The number of sulfonamides is 1. The van der Waals surface area contributed by atoms with E-state index in [-0.39, 0.29) is 29.4 Å². The van der Waals surface area contributed by atoms with Gasteiger partial charge in [-0.1, -0.05) is 17.4 Å². The van der Waals surface area contributed by atoms with Crippen molar-refractivity contribution in [3.05, 3.63) is 27.0 Å². The van der Waals surface area contributed by atoms with Gasteiger partial charge in [-0.3, -0.25) is 5.84 Å². The molecule has 0 aliphatic carbocycles. The molecule has 10 heteroatoms. The van der Waals surface area contributed by atoms with E-state index in [0.29, 0.717) is 36.4 Å². The normalized spacial score (nSPS) is 23.4. The van der Waals surface area contributed by atoms with Crippen molar-refractivity contribution in [2.24, 2.45) is 17.2 Å². The molecule has 35 heavy (non-hydrogen) atoms. The lowest BCUT2D eigenvalue weighted by Gasteiger charge is -2.37. The zero-order valence-electron chi connectivity index (χ0n) is 20.7. The summed E-state index contributed by atoms with van der Waals surface area (Å²) in [5.74, 6) is 11.5. The van der Waals surface area contributed by atoms with Crippen molar-refractivity contribution in [3.63, 3.8) is 0 Å². The van der Waals surface area contributed by atoms with E-state index in [4.69, 9.17) is 10.6 Å². The molecule has 4 heterocycles. The van der Waals surface area contributed by atoms with Crippen LogP contribution in [0.5, 0.6) is 0 Å².